The molecule has 0 radical (unpaired) electrons. The Morgan fingerprint density at radius 2 is 2.21 bits per heavy atom. The number of hydrogen-bond donors (Lipinski definition) is 0. The van der Waals surface area contributed by atoms with Gasteiger partial charge in [0.1, 0.15) is 17.2 Å². The van der Waals surface area contributed by atoms with Crippen LogP contribution in [0.2, 0.25) is 0 Å². The largest absolute Gasteiger partial charge is 0.370 e. The van der Waals surface area contributed by atoms with E-state index in [-0.39, 0.29) is 24.3 Å². The fraction of sp³-hybridized carbons (Fsp3) is 0.438. The van der Waals surface area contributed by atoms with Crippen LogP contribution in [0.1, 0.15) is 34.1 Å². The number of aromatic nitrogens is 3. The molecule has 0 unspecified atom stereocenters. The lowest BCUT2D eigenvalue weighted by Gasteiger charge is -2.41. The third-order valence-electron chi connectivity index (χ3n) is 4.71. The monoisotopic (exact) mass is 334 g/mol. The minimum absolute atomic E-state index is 0.0737. The number of rotatable bonds is 1. The first-order valence-corrected chi connectivity index (χ1v) is 7.81. The molecule has 0 saturated carbocycles. The smallest absolute Gasteiger partial charge is 0.259 e. The predicted molar refractivity (Wildman–Crippen MR) is 79.3 cm³/mol. The molecule has 1 amide bonds. The summed E-state index contributed by atoms with van der Waals surface area (Å²) in [5, 5.41) is 7.93. The van der Waals surface area contributed by atoms with Crippen molar-refractivity contribution in [3.05, 3.63) is 46.8 Å². The van der Waals surface area contributed by atoms with Gasteiger partial charge in [0.05, 0.1) is 30.6 Å². The average Bonchev–Trinajstić information content (AvgIpc) is 3.07. The lowest BCUT2D eigenvalue weighted by atomic mass is 9.99. The summed E-state index contributed by atoms with van der Waals surface area (Å²) in [5.74, 6) is -2.28. The molecule has 2 aliphatic rings. The Bertz CT molecular complexity index is 807. The Morgan fingerprint density at radius 1 is 1.38 bits per heavy atom. The number of carbonyl (C=O) groups is 1. The van der Waals surface area contributed by atoms with E-state index in [0.717, 1.165) is 11.8 Å². The lowest BCUT2D eigenvalue weighted by molar-refractivity contribution is -0.0606. The third-order valence-corrected chi connectivity index (χ3v) is 4.71. The molecule has 0 spiro atoms. The van der Waals surface area contributed by atoms with E-state index >= 15 is 0 Å². The number of nitrogens with zero attached hydrogens (tertiary/aromatic N) is 4. The molecule has 6 nitrogen and oxygen atoms in total. The van der Waals surface area contributed by atoms with Crippen molar-refractivity contribution in [1.29, 1.82) is 0 Å². The van der Waals surface area contributed by atoms with Gasteiger partial charge < -0.3 is 9.64 Å². The Hall–Kier alpha value is -2.35. The van der Waals surface area contributed by atoms with Crippen LogP contribution in [0.15, 0.2) is 18.3 Å². The molecule has 1 aromatic heterocycles. The molecule has 1 aromatic carbocycles. The second kappa shape index (κ2) is 5.62. The SMILES string of the molecule is Cc1ccc(F)c(C(=O)N2CC[C@@H]3OCc4cnnn4[C@H]3C2)c1F. The number of carbonyl (C=O) groups excluding carboxylic acids is 1. The second-order valence-electron chi connectivity index (χ2n) is 6.18. The molecule has 24 heavy (non-hydrogen) atoms. The van der Waals surface area contributed by atoms with Crippen LogP contribution in [0.5, 0.6) is 0 Å². The van der Waals surface area contributed by atoms with E-state index in [1.54, 1.807) is 10.9 Å². The van der Waals surface area contributed by atoms with Crippen molar-refractivity contribution in [2.75, 3.05) is 13.1 Å². The standard InChI is InChI=1S/C16H16F2N4O2/c1-9-2-3-11(17)14(15(9)18)16(23)21-5-4-13-12(7-21)22-10(8-24-13)6-19-20-22/h2-3,6,12-13H,4-5,7-8H2,1H3/t12-,13-/m0/s1. The maximum absolute atomic E-state index is 14.3. The van der Waals surface area contributed by atoms with Crippen molar-refractivity contribution in [3.63, 3.8) is 0 Å². The topological polar surface area (TPSA) is 60.3 Å². The van der Waals surface area contributed by atoms with Gasteiger partial charge in [0, 0.05) is 13.1 Å². The summed E-state index contributed by atoms with van der Waals surface area (Å²) in [7, 11) is 0. The summed E-state index contributed by atoms with van der Waals surface area (Å²) >= 11 is 0. The molecule has 126 valence electrons. The van der Waals surface area contributed by atoms with E-state index < -0.39 is 23.1 Å². The fourth-order valence-electron chi connectivity index (χ4n) is 3.37. The van der Waals surface area contributed by atoms with Gasteiger partial charge in [-0.25, -0.2) is 13.5 Å². The van der Waals surface area contributed by atoms with Crippen LogP contribution in [0.25, 0.3) is 0 Å². The van der Waals surface area contributed by atoms with Gasteiger partial charge in [-0.1, -0.05) is 11.3 Å². The molecule has 2 atom stereocenters. The van der Waals surface area contributed by atoms with E-state index in [4.69, 9.17) is 4.74 Å². The molecule has 4 rings (SSSR count). The molecule has 2 aromatic rings. The quantitative estimate of drug-likeness (QED) is 0.799. The van der Waals surface area contributed by atoms with Crippen LogP contribution in [-0.4, -0.2) is 45.0 Å². The van der Waals surface area contributed by atoms with Gasteiger partial charge >= 0.3 is 0 Å². The number of likely N-dealkylation sites (tertiary alicyclic amines) is 1. The average molecular weight is 334 g/mol. The highest BCUT2D eigenvalue weighted by molar-refractivity contribution is 5.95. The summed E-state index contributed by atoms with van der Waals surface area (Å²) in [5.41, 5.74) is 0.580. The zero-order valence-electron chi connectivity index (χ0n) is 13.1. The summed E-state index contributed by atoms with van der Waals surface area (Å²) in [6.07, 6.45) is 2.14. The van der Waals surface area contributed by atoms with Crippen molar-refractivity contribution < 1.29 is 18.3 Å². The summed E-state index contributed by atoms with van der Waals surface area (Å²) < 4.78 is 35.8. The van der Waals surface area contributed by atoms with Crippen molar-refractivity contribution in [1.82, 2.24) is 19.9 Å². The van der Waals surface area contributed by atoms with E-state index in [0.29, 0.717) is 19.6 Å². The molecule has 3 heterocycles. The zero-order valence-corrected chi connectivity index (χ0v) is 13.1. The first-order chi connectivity index (χ1) is 11.6. The molecular weight excluding hydrogens is 318 g/mol. The van der Waals surface area contributed by atoms with Crippen LogP contribution in [0, 0.1) is 18.6 Å². The highest BCUT2D eigenvalue weighted by Crippen LogP contribution is 2.31. The summed E-state index contributed by atoms with van der Waals surface area (Å²) in [4.78, 5) is 14.1. The van der Waals surface area contributed by atoms with Crippen LogP contribution >= 0.6 is 0 Å². The molecule has 0 bridgehead atoms. The molecule has 0 N–H and O–H groups in total. The summed E-state index contributed by atoms with van der Waals surface area (Å²) in [6, 6.07) is 2.26. The normalized spacial score (nSPS) is 22.9. The molecule has 8 heteroatoms. The maximum Gasteiger partial charge on any atom is 0.259 e. The molecule has 1 saturated heterocycles. The number of ether oxygens (including phenoxy) is 1. The van der Waals surface area contributed by atoms with Gasteiger partial charge in [-0.15, -0.1) is 5.10 Å². The first kappa shape index (κ1) is 15.2. The predicted octanol–water partition coefficient (Wildman–Crippen LogP) is 1.85. The van der Waals surface area contributed by atoms with Crippen molar-refractivity contribution >= 4 is 5.91 Å². The number of piperidine rings is 1. The number of fused-ring (bicyclic) bond motifs is 3. The Balaban J connectivity index is 1.63. The van der Waals surface area contributed by atoms with Crippen molar-refractivity contribution in [2.45, 2.75) is 32.1 Å². The zero-order chi connectivity index (χ0) is 16.8. The Labute approximate surface area is 137 Å². The van der Waals surface area contributed by atoms with E-state index in [2.05, 4.69) is 10.3 Å². The van der Waals surface area contributed by atoms with Gasteiger partial charge in [0.2, 0.25) is 0 Å². The number of hydrogen-bond acceptors (Lipinski definition) is 4. The molecular formula is C16H16F2N4O2. The van der Waals surface area contributed by atoms with Gasteiger partial charge in [-0.3, -0.25) is 4.79 Å². The van der Waals surface area contributed by atoms with Crippen molar-refractivity contribution in [3.8, 4) is 0 Å². The van der Waals surface area contributed by atoms with E-state index in [1.165, 1.54) is 17.9 Å². The molecule has 0 aliphatic carbocycles. The highest BCUT2D eigenvalue weighted by atomic mass is 19.1. The minimum atomic E-state index is -0.841. The van der Waals surface area contributed by atoms with Crippen LogP contribution in [0.4, 0.5) is 8.78 Å². The lowest BCUT2D eigenvalue weighted by Crippen LogP contribution is -2.50. The Kier molecular flexibility index (Phi) is 3.56. The number of benzene rings is 1. The van der Waals surface area contributed by atoms with Crippen LogP contribution < -0.4 is 0 Å². The molecule has 1 fully saturated rings. The fourth-order valence-corrected chi connectivity index (χ4v) is 3.37. The van der Waals surface area contributed by atoms with Gasteiger partial charge in [0.25, 0.3) is 5.91 Å². The van der Waals surface area contributed by atoms with E-state index in [9.17, 15) is 13.6 Å². The van der Waals surface area contributed by atoms with Crippen LogP contribution in [-0.2, 0) is 11.3 Å². The van der Waals surface area contributed by atoms with E-state index in [1.807, 2.05) is 0 Å². The highest BCUT2D eigenvalue weighted by Gasteiger charge is 2.39. The number of halogens is 2. The maximum atomic E-state index is 14.3. The number of aryl methyl sites for hydroxylation is 1. The number of amides is 1. The second-order valence-corrected chi connectivity index (χ2v) is 6.18. The molecule has 2 aliphatic heterocycles. The third kappa shape index (κ3) is 2.29. The van der Waals surface area contributed by atoms with Gasteiger partial charge in [0.15, 0.2) is 0 Å². The van der Waals surface area contributed by atoms with Gasteiger partial charge in [-0.05, 0) is 25.0 Å². The minimum Gasteiger partial charge on any atom is -0.370 e. The Morgan fingerprint density at radius 3 is 3.04 bits per heavy atom. The van der Waals surface area contributed by atoms with Crippen LogP contribution in [0.3, 0.4) is 0 Å². The summed E-state index contributed by atoms with van der Waals surface area (Å²) in [6.45, 7) is 2.61. The van der Waals surface area contributed by atoms with Crippen molar-refractivity contribution in [2.24, 2.45) is 0 Å². The first-order valence-electron chi connectivity index (χ1n) is 7.81. The van der Waals surface area contributed by atoms with Gasteiger partial charge in [-0.2, -0.15) is 0 Å².